The summed E-state index contributed by atoms with van der Waals surface area (Å²) in [6.07, 6.45) is 5.22. The highest BCUT2D eigenvalue weighted by molar-refractivity contribution is 6.46. The maximum absolute atomic E-state index is 12.4. The molecule has 0 saturated heterocycles. The normalized spacial score (nSPS) is 14.5. The van der Waals surface area contributed by atoms with Crippen LogP contribution in [0.1, 0.15) is 49.4 Å². The quantitative estimate of drug-likeness (QED) is 0.202. The molecule has 0 aromatic heterocycles. The van der Waals surface area contributed by atoms with Gasteiger partial charge in [-0.25, -0.2) is 14.4 Å². The summed E-state index contributed by atoms with van der Waals surface area (Å²) in [5.74, 6) is -3.44. The lowest BCUT2D eigenvalue weighted by atomic mass is 9.95. The van der Waals surface area contributed by atoms with E-state index in [1.807, 2.05) is 0 Å². The van der Waals surface area contributed by atoms with Gasteiger partial charge in [-0.15, -0.1) is 0 Å². The van der Waals surface area contributed by atoms with Crippen molar-refractivity contribution in [1.82, 2.24) is 0 Å². The van der Waals surface area contributed by atoms with Crippen LogP contribution in [0.4, 0.5) is 0 Å². The Morgan fingerprint density at radius 1 is 1.22 bits per heavy atom. The maximum atomic E-state index is 12.4. The molecule has 9 heteroatoms. The minimum atomic E-state index is -1.85. The summed E-state index contributed by atoms with van der Waals surface area (Å²) in [4.78, 5) is 34.5. The van der Waals surface area contributed by atoms with Crippen molar-refractivity contribution in [3.05, 3.63) is 26.7 Å². The van der Waals surface area contributed by atoms with Crippen LogP contribution in [0.2, 0.25) is 15.1 Å². The lowest BCUT2D eigenvalue weighted by molar-refractivity contribution is -0.158. The number of carbonyl (C=O) groups is 3. The molecule has 6 nitrogen and oxygen atoms in total. The predicted octanol–water partition coefficient (Wildman–Crippen LogP) is 5.01. The Bertz CT molecular complexity index is 745. The molecule has 0 bridgehead atoms. The second-order valence-electron chi connectivity index (χ2n) is 6.34. The molecule has 1 fully saturated rings. The third kappa shape index (κ3) is 5.74. The average Bonchev–Trinajstić information content (AvgIpc) is 3.44. The van der Waals surface area contributed by atoms with E-state index in [9.17, 15) is 14.4 Å². The number of carbonyl (C=O) groups excluding carboxylic acids is 2. The van der Waals surface area contributed by atoms with Gasteiger partial charge >= 0.3 is 17.9 Å². The van der Waals surface area contributed by atoms with Gasteiger partial charge in [-0.05, 0) is 43.6 Å². The lowest BCUT2D eigenvalue weighted by Crippen LogP contribution is -2.21. The number of rotatable bonds is 8. The van der Waals surface area contributed by atoms with Gasteiger partial charge in [-0.1, -0.05) is 48.1 Å². The number of esters is 2. The van der Waals surface area contributed by atoms with Gasteiger partial charge in [-0.2, -0.15) is 0 Å². The van der Waals surface area contributed by atoms with Gasteiger partial charge < -0.3 is 14.6 Å². The third-order valence-corrected chi connectivity index (χ3v) is 5.53. The van der Waals surface area contributed by atoms with Crippen molar-refractivity contribution in [3.63, 3.8) is 0 Å². The molecule has 1 aromatic rings. The molecule has 0 amide bonds. The molecule has 1 aromatic carbocycles. The van der Waals surface area contributed by atoms with Crippen molar-refractivity contribution in [1.29, 1.82) is 0 Å². The molecule has 1 saturated carbocycles. The highest BCUT2D eigenvalue weighted by Crippen LogP contribution is 2.41. The van der Waals surface area contributed by atoms with Crippen molar-refractivity contribution in [2.45, 2.75) is 39.0 Å². The fourth-order valence-electron chi connectivity index (χ4n) is 2.92. The largest absolute Gasteiger partial charge is 0.473 e. The van der Waals surface area contributed by atoms with Gasteiger partial charge in [0.25, 0.3) is 0 Å². The monoisotopic (exact) mass is 436 g/mol. The molecule has 148 valence electrons. The molecule has 0 aliphatic heterocycles. The van der Waals surface area contributed by atoms with E-state index >= 15 is 0 Å². The molecule has 1 atom stereocenters. The van der Waals surface area contributed by atoms with E-state index in [4.69, 9.17) is 44.6 Å². The second kappa shape index (κ2) is 9.62. The average molecular weight is 438 g/mol. The summed E-state index contributed by atoms with van der Waals surface area (Å²) >= 11 is 17.9. The number of carboxylic acid groups (broad SMARTS) is 1. The minimum Gasteiger partial charge on any atom is -0.473 e. The van der Waals surface area contributed by atoms with Crippen LogP contribution in [0.15, 0.2) is 6.07 Å². The van der Waals surface area contributed by atoms with Crippen LogP contribution in [0.5, 0.6) is 5.75 Å². The van der Waals surface area contributed by atoms with E-state index in [2.05, 4.69) is 11.7 Å². The highest BCUT2D eigenvalue weighted by Gasteiger charge is 2.30. The molecule has 27 heavy (non-hydrogen) atoms. The molecular formula is C18H19Cl3O6. The first kappa shape index (κ1) is 21.8. The number of aliphatic carboxylic acids is 1. The van der Waals surface area contributed by atoms with E-state index in [0.29, 0.717) is 12.3 Å². The summed E-state index contributed by atoms with van der Waals surface area (Å²) in [6, 6.07) is 1.15. The van der Waals surface area contributed by atoms with Gasteiger partial charge in [0.05, 0.1) is 21.7 Å². The Labute approximate surface area is 171 Å². The van der Waals surface area contributed by atoms with Crippen LogP contribution < -0.4 is 4.74 Å². The third-order valence-electron chi connectivity index (χ3n) is 4.47. The van der Waals surface area contributed by atoms with Gasteiger partial charge in [0.15, 0.2) is 5.75 Å². The van der Waals surface area contributed by atoms with Gasteiger partial charge in [0.1, 0.15) is 5.56 Å². The SMILES string of the molecule is CCC(CCCOC(=O)c1c(Cl)c(Cl)cc(Cl)c1OC(=O)C(=O)O)C1CC1. The number of hydrogen-bond donors (Lipinski definition) is 1. The minimum absolute atomic E-state index is 0.0523. The van der Waals surface area contributed by atoms with Crippen molar-refractivity contribution in [2.75, 3.05) is 6.61 Å². The number of hydrogen-bond acceptors (Lipinski definition) is 5. The number of benzene rings is 1. The second-order valence-corrected chi connectivity index (χ2v) is 7.53. The van der Waals surface area contributed by atoms with Crippen LogP contribution in [-0.2, 0) is 14.3 Å². The van der Waals surface area contributed by atoms with Crippen LogP contribution in [-0.4, -0.2) is 29.6 Å². The Kier molecular flexibility index (Phi) is 7.77. The van der Waals surface area contributed by atoms with Gasteiger partial charge in [0.2, 0.25) is 0 Å². The van der Waals surface area contributed by atoms with Crippen LogP contribution in [0.25, 0.3) is 0 Å². The summed E-state index contributed by atoms with van der Waals surface area (Å²) in [7, 11) is 0. The first-order valence-corrected chi connectivity index (χ1v) is 9.69. The highest BCUT2D eigenvalue weighted by atomic mass is 35.5. The molecule has 1 aliphatic carbocycles. The molecule has 0 spiro atoms. The van der Waals surface area contributed by atoms with Crippen molar-refractivity contribution in [3.8, 4) is 5.75 Å². The van der Waals surface area contributed by atoms with E-state index in [1.165, 1.54) is 12.8 Å². The summed E-state index contributed by atoms with van der Waals surface area (Å²) in [5.41, 5.74) is -0.377. The Morgan fingerprint density at radius 2 is 1.89 bits per heavy atom. The van der Waals surface area contributed by atoms with Crippen LogP contribution in [0.3, 0.4) is 0 Å². The standard InChI is InChI=1S/C18H19Cl3O6/c1-2-9(10-5-6-10)4-3-7-26-17(24)13-14(21)11(19)8-12(20)15(13)27-18(25)16(22)23/h8-10H,2-7H2,1H3,(H,22,23). The number of halogens is 3. The fourth-order valence-corrected chi connectivity index (χ4v) is 3.64. The van der Waals surface area contributed by atoms with E-state index < -0.39 is 23.7 Å². The fraction of sp³-hybridized carbons (Fsp3) is 0.500. The zero-order valence-electron chi connectivity index (χ0n) is 14.6. The Morgan fingerprint density at radius 3 is 2.44 bits per heavy atom. The molecular weight excluding hydrogens is 419 g/mol. The van der Waals surface area contributed by atoms with Crippen molar-refractivity contribution >= 4 is 52.7 Å². The van der Waals surface area contributed by atoms with E-state index in [1.54, 1.807) is 0 Å². The molecule has 1 aliphatic rings. The molecule has 1 unspecified atom stereocenters. The zero-order valence-corrected chi connectivity index (χ0v) is 16.9. The smallest absolute Gasteiger partial charge is 0.422 e. The van der Waals surface area contributed by atoms with Crippen LogP contribution >= 0.6 is 34.8 Å². The Hall–Kier alpha value is -1.50. The molecule has 1 N–H and O–H groups in total. The van der Waals surface area contributed by atoms with Gasteiger partial charge in [0, 0.05) is 0 Å². The zero-order chi connectivity index (χ0) is 20.1. The van der Waals surface area contributed by atoms with Crippen LogP contribution in [0, 0.1) is 11.8 Å². The molecule has 2 rings (SSSR count). The topological polar surface area (TPSA) is 89.9 Å². The predicted molar refractivity (Wildman–Crippen MR) is 101 cm³/mol. The Balaban J connectivity index is 2.08. The van der Waals surface area contributed by atoms with Crippen molar-refractivity contribution < 1.29 is 29.0 Å². The first-order chi connectivity index (χ1) is 12.8. The summed E-state index contributed by atoms with van der Waals surface area (Å²) in [6.45, 7) is 2.29. The number of carboxylic acids is 1. The summed E-state index contributed by atoms with van der Waals surface area (Å²) in [5, 5.41) is 8.18. The van der Waals surface area contributed by atoms with Crippen molar-refractivity contribution in [2.24, 2.45) is 11.8 Å². The summed E-state index contributed by atoms with van der Waals surface area (Å²) < 4.78 is 9.90. The lowest BCUT2D eigenvalue weighted by Gasteiger charge is -2.15. The first-order valence-electron chi connectivity index (χ1n) is 8.55. The van der Waals surface area contributed by atoms with E-state index in [-0.39, 0.29) is 27.2 Å². The molecule has 0 heterocycles. The number of ether oxygens (including phenoxy) is 2. The molecule has 0 radical (unpaired) electrons. The van der Waals surface area contributed by atoms with Gasteiger partial charge in [-0.3, -0.25) is 0 Å². The maximum Gasteiger partial charge on any atom is 0.422 e. The van der Waals surface area contributed by atoms with E-state index in [0.717, 1.165) is 24.8 Å².